The van der Waals surface area contributed by atoms with Crippen LogP contribution >= 0.6 is 0 Å². The molecule has 0 spiro atoms. The van der Waals surface area contributed by atoms with Gasteiger partial charge >= 0.3 is 51.2 Å². The van der Waals surface area contributed by atoms with E-state index in [1.54, 1.807) is 73.6 Å². The van der Waals surface area contributed by atoms with E-state index in [0.29, 0.717) is 0 Å². The van der Waals surface area contributed by atoms with Gasteiger partial charge in [0.15, 0.2) is 0 Å². The van der Waals surface area contributed by atoms with E-state index in [-0.39, 0.29) is 88.4 Å². The van der Waals surface area contributed by atoms with Crippen molar-refractivity contribution < 1.29 is 88.4 Å². The average molecular weight is 742 g/mol. The molecule has 0 amide bonds. The summed E-state index contributed by atoms with van der Waals surface area (Å²) in [6.45, 7) is 0. The van der Waals surface area contributed by atoms with Crippen LogP contribution in [0.3, 0.4) is 0 Å². The normalized spacial score (nSPS) is 6.86. The molecule has 6 aromatic heterocycles. The van der Waals surface area contributed by atoms with E-state index in [9.17, 15) is 0 Å². The van der Waals surface area contributed by atoms with Gasteiger partial charge in [0.05, 0.1) is 0 Å². The number of halogens is 3. The Labute approximate surface area is 299 Å². The van der Waals surface area contributed by atoms with E-state index >= 15 is 0 Å². The van der Waals surface area contributed by atoms with Gasteiger partial charge in [-0.05, 0) is 0 Å². The number of hydrogen-bond acceptors (Lipinski definition) is 6. The van der Waals surface area contributed by atoms with Crippen molar-refractivity contribution in [1.82, 2.24) is 29.9 Å². The van der Waals surface area contributed by atoms with E-state index in [1.165, 1.54) is 0 Å². The summed E-state index contributed by atoms with van der Waals surface area (Å²) >= 11 is 0. The summed E-state index contributed by atoms with van der Waals surface area (Å²) in [4.78, 5) is 22.0. The quantitative estimate of drug-likeness (QED) is 0.118. The fourth-order valence-electron chi connectivity index (χ4n) is 1.66. The number of pyridine rings is 6. The zero-order chi connectivity index (χ0) is 25.5. The van der Waals surface area contributed by atoms with E-state index in [2.05, 4.69) is 67.1 Å². The SMILES string of the molecule is [Cl-].[Cl-].[Cl-].[Fe+3].[Fe+3].[Fe+3].[c-]1ccccn1.[c-]1ccccn1.[c-]1ccccn1.[c-]1ccccn1.[c-]1ccccn1.[c-]1ccccn1. The van der Waals surface area contributed by atoms with Gasteiger partial charge in [-0.3, -0.25) is 0 Å². The van der Waals surface area contributed by atoms with E-state index < -0.39 is 0 Å². The molecule has 0 saturated heterocycles. The Morgan fingerprint density at radius 2 is 0.381 bits per heavy atom. The maximum atomic E-state index is 3.66. The molecule has 0 aromatic carbocycles. The molecule has 0 N–H and O–H groups in total. The molecule has 6 aromatic rings. The van der Waals surface area contributed by atoms with E-state index in [4.69, 9.17) is 0 Å². The number of rotatable bonds is 0. The summed E-state index contributed by atoms with van der Waals surface area (Å²) in [6.07, 6.45) is 26.0. The average Bonchev–Trinajstić information content (AvgIpc) is 3.04. The molecule has 0 unspecified atom stereocenters. The molecule has 0 atom stereocenters. The minimum atomic E-state index is 0. The molecule has 0 bridgehead atoms. The molecule has 0 aliphatic heterocycles. The Morgan fingerprint density at radius 1 is 0.238 bits per heavy atom. The van der Waals surface area contributed by atoms with Crippen LogP contribution in [0, 0.1) is 37.2 Å². The van der Waals surface area contributed by atoms with E-state index in [0.717, 1.165) is 0 Å². The number of nitrogens with zero attached hydrogens (tertiary/aromatic N) is 6. The summed E-state index contributed by atoms with van der Waals surface area (Å²) < 4.78 is 0. The second kappa shape index (κ2) is 48.1. The van der Waals surface area contributed by atoms with Crippen LogP contribution in [0.4, 0.5) is 0 Å². The summed E-state index contributed by atoms with van der Waals surface area (Å²) in [6, 6.07) is 33.0. The Bertz CT molecular complexity index is 730. The smallest absolute Gasteiger partial charge is 1.00 e. The van der Waals surface area contributed by atoms with Gasteiger partial charge in [-0.1, -0.05) is 74.4 Å². The largest absolute Gasteiger partial charge is 3.00 e. The first-order chi connectivity index (χ1) is 18.0. The van der Waals surface area contributed by atoms with Crippen LogP contribution in [-0.4, -0.2) is 29.9 Å². The molecule has 42 heavy (non-hydrogen) atoms. The minimum Gasteiger partial charge on any atom is -1.00 e. The van der Waals surface area contributed by atoms with Gasteiger partial charge in [0.2, 0.25) is 0 Å². The van der Waals surface area contributed by atoms with Crippen LogP contribution in [0.15, 0.2) is 146 Å². The Kier molecular flexibility index (Phi) is 59.5. The van der Waals surface area contributed by atoms with Crippen LogP contribution in [0.5, 0.6) is 0 Å². The second-order valence-corrected chi connectivity index (χ2v) is 5.75. The van der Waals surface area contributed by atoms with Crippen molar-refractivity contribution in [3.8, 4) is 0 Å². The zero-order valence-corrected chi connectivity index (χ0v) is 27.3. The topological polar surface area (TPSA) is 77.3 Å². The standard InChI is InChI=1S/6C5H4N.3ClH.3Fe/c6*1-2-4-6-5-3-1;;;;;;/h6*1-4H;3*1H;;;/q6*-1;;;;3*+3/p-3. The van der Waals surface area contributed by atoms with Gasteiger partial charge in [0, 0.05) is 0 Å². The van der Waals surface area contributed by atoms with Gasteiger partial charge < -0.3 is 67.1 Å². The predicted octanol–water partition coefficient (Wildman–Crippen LogP) is -3.70. The third kappa shape index (κ3) is 44.4. The van der Waals surface area contributed by atoms with Crippen molar-refractivity contribution in [2.24, 2.45) is 0 Å². The van der Waals surface area contributed by atoms with Crippen molar-refractivity contribution in [3.63, 3.8) is 0 Å². The Balaban J connectivity index is -0.0000000900. The first-order valence-corrected chi connectivity index (χ1v) is 10.6. The fourth-order valence-corrected chi connectivity index (χ4v) is 1.66. The van der Waals surface area contributed by atoms with Gasteiger partial charge in [-0.15, -0.1) is 0 Å². The van der Waals surface area contributed by atoms with Crippen LogP contribution in [0.25, 0.3) is 0 Å². The van der Waals surface area contributed by atoms with E-state index in [1.807, 2.05) is 72.8 Å². The van der Waals surface area contributed by atoms with Gasteiger partial charge in [0.25, 0.3) is 0 Å². The molecule has 0 aliphatic carbocycles. The summed E-state index contributed by atoms with van der Waals surface area (Å²) in [5, 5.41) is 0. The van der Waals surface area contributed by atoms with Gasteiger partial charge in [0.1, 0.15) is 0 Å². The first kappa shape index (κ1) is 52.0. The third-order valence-corrected chi connectivity index (χ3v) is 3.10. The maximum absolute atomic E-state index is 3.66. The summed E-state index contributed by atoms with van der Waals surface area (Å²) in [7, 11) is 0. The molecule has 219 valence electrons. The molecule has 6 rings (SSSR count). The number of aromatic nitrogens is 6. The van der Waals surface area contributed by atoms with Crippen molar-refractivity contribution in [2.45, 2.75) is 0 Å². The van der Waals surface area contributed by atoms with Crippen LogP contribution in [-0.2, 0) is 51.2 Å². The number of hydrogen-bond donors (Lipinski definition) is 0. The molecule has 12 heteroatoms. The van der Waals surface area contributed by atoms with Crippen LogP contribution < -0.4 is 37.2 Å². The van der Waals surface area contributed by atoms with Crippen molar-refractivity contribution >= 4 is 0 Å². The fraction of sp³-hybridized carbons (Fsp3) is 0. The van der Waals surface area contributed by atoms with Gasteiger partial charge in [-0.2, -0.15) is 109 Å². The molecule has 6 heterocycles. The summed E-state index contributed by atoms with van der Waals surface area (Å²) in [5.74, 6) is 0. The Hall–Kier alpha value is -2.67. The third-order valence-electron chi connectivity index (χ3n) is 3.10. The zero-order valence-electron chi connectivity index (χ0n) is 21.7. The Morgan fingerprint density at radius 3 is 0.405 bits per heavy atom. The molecule has 3 radical (unpaired) electrons. The van der Waals surface area contributed by atoms with Crippen molar-refractivity contribution in [1.29, 1.82) is 0 Å². The first-order valence-electron chi connectivity index (χ1n) is 10.6. The second-order valence-electron chi connectivity index (χ2n) is 5.75. The van der Waals surface area contributed by atoms with Crippen molar-refractivity contribution in [2.75, 3.05) is 0 Å². The molecule has 0 aliphatic rings. The monoisotopic (exact) mass is 741 g/mol. The molecule has 6 nitrogen and oxygen atoms in total. The molecular weight excluding hydrogens is 718 g/mol. The summed E-state index contributed by atoms with van der Waals surface area (Å²) in [5.41, 5.74) is 0. The molecular formula is C30H24Cl3Fe3N6. The molecule has 0 fully saturated rings. The van der Waals surface area contributed by atoms with Crippen LogP contribution in [0.1, 0.15) is 0 Å². The minimum absolute atomic E-state index is 0. The predicted molar refractivity (Wildman–Crippen MR) is 138 cm³/mol. The maximum Gasteiger partial charge on any atom is 3.00 e. The van der Waals surface area contributed by atoms with Crippen LogP contribution in [0.2, 0.25) is 0 Å². The molecule has 0 saturated carbocycles. The van der Waals surface area contributed by atoms with Gasteiger partial charge in [-0.25, -0.2) is 0 Å². The van der Waals surface area contributed by atoms with Crippen molar-refractivity contribution in [3.05, 3.63) is 184 Å².